The zero-order valence-corrected chi connectivity index (χ0v) is 19.3. The van der Waals surface area contributed by atoms with Crippen molar-refractivity contribution in [2.45, 2.75) is 19.6 Å². The zero-order chi connectivity index (χ0) is 23.9. The Morgan fingerprint density at radius 1 is 1.20 bits per heavy atom. The molecule has 10 heteroatoms. The average molecular weight is 469 g/mol. The summed E-state index contributed by atoms with van der Waals surface area (Å²) in [6.07, 6.45) is 8.90. The van der Waals surface area contributed by atoms with E-state index >= 15 is 0 Å². The first-order chi connectivity index (χ1) is 17.0. The number of aromatic nitrogens is 6. The molecule has 6 rings (SSSR count). The summed E-state index contributed by atoms with van der Waals surface area (Å²) in [5.74, 6) is 1.99. The van der Waals surface area contributed by atoms with Crippen LogP contribution in [0.3, 0.4) is 0 Å². The van der Waals surface area contributed by atoms with E-state index in [1.54, 1.807) is 17.1 Å². The molecule has 3 N–H and O–H groups in total. The molecule has 0 saturated heterocycles. The van der Waals surface area contributed by atoms with Crippen molar-refractivity contribution in [2.24, 2.45) is 7.05 Å². The van der Waals surface area contributed by atoms with Crippen molar-refractivity contribution in [3.05, 3.63) is 67.0 Å². The molecule has 35 heavy (non-hydrogen) atoms. The Balaban J connectivity index is 1.31. The number of benzene rings is 1. The van der Waals surface area contributed by atoms with E-state index in [1.165, 1.54) is 6.33 Å². The average Bonchev–Trinajstić information content (AvgIpc) is 3.47. The number of anilines is 2. The molecule has 10 nitrogen and oxygen atoms in total. The van der Waals surface area contributed by atoms with E-state index < -0.39 is 0 Å². The van der Waals surface area contributed by atoms with E-state index in [2.05, 4.69) is 32.3 Å². The fraction of sp³-hybridized carbons (Fsp3) is 0.200. The van der Waals surface area contributed by atoms with Crippen molar-refractivity contribution < 1.29 is 9.47 Å². The summed E-state index contributed by atoms with van der Waals surface area (Å²) < 4.78 is 15.5. The van der Waals surface area contributed by atoms with E-state index in [1.807, 2.05) is 54.3 Å². The summed E-state index contributed by atoms with van der Waals surface area (Å²) in [5.41, 5.74) is 11.3. The SMILES string of the molecule is CC1COc2ccc(OCc3cncc(-n4cc(-c5ccn(C)n5)c5c(N)ncnc54)c3)cc2N1. The van der Waals surface area contributed by atoms with Gasteiger partial charge in [-0.15, -0.1) is 0 Å². The number of nitrogen functional groups attached to an aromatic ring is 1. The van der Waals surface area contributed by atoms with E-state index in [0.717, 1.165) is 45.1 Å². The number of fused-ring (bicyclic) bond motifs is 2. The Morgan fingerprint density at radius 3 is 2.97 bits per heavy atom. The van der Waals surface area contributed by atoms with Crippen molar-refractivity contribution in [1.29, 1.82) is 0 Å². The second-order valence-corrected chi connectivity index (χ2v) is 8.60. The number of nitrogens with zero attached hydrogens (tertiary/aromatic N) is 6. The highest BCUT2D eigenvalue weighted by Gasteiger charge is 2.18. The monoisotopic (exact) mass is 468 g/mol. The van der Waals surface area contributed by atoms with Crippen molar-refractivity contribution in [1.82, 2.24) is 29.3 Å². The van der Waals surface area contributed by atoms with E-state index in [9.17, 15) is 0 Å². The third-order valence-corrected chi connectivity index (χ3v) is 5.91. The van der Waals surface area contributed by atoms with Crippen LogP contribution in [0.1, 0.15) is 12.5 Å². The number of aryl methyl sites for hydroxylation is 1. The molecule has 5 heterocycles. The van der Waals surface area contributed by atoms with Gasteiger partial charge in [0.1, 0.15) is 36.9 Å². The Bertz CT molecular complexity index is 1540. The van der Waals surface area contributed by atoms with Crippen LogP contribution in [0.2, 0.25) is 0 Å². The van der Waals surface area contributed by atoms with Crippen LogP contribution in [-0.4, -0.2) is 41.9 Å². The van der Waals surface area contributed by atoms with Gasteiger partial charge in [-0.2, -0.15) is 5.10 Å². The minimum Gasteiger partial charge on any atom is -0.489 e. The second-order valence-electron chi connectivity index (χ2n) is 8.60. The van der Waals surface area contributed by atoms with Crippen molar-refractivity contribution in [3.63, 3.8) is 0 Å². The molecule has 1 atom stereocenters. The number of rotatable bonds is 5. The lowest BCUT2D eigenvalue weighted by Crippen LogP contribution is -2.28. The molecule has 5 aromatic rings. The summed E-state index contributed by atoms with van der Waals surface area (Å²) >= 11 is 0. The van der Waals surface area contributed by atoms with Crippen LogP contribution in [0.4, 0.5) is 11.5 Å². The van der Waals surface area contributed by atoms with Crippen LogP contribution < -0.4 is 20.5 Å². The fourth-order valence-electron chi connectivity index (χ4n) is 4.25. The second kappa shape index (κ2) is 8.32. The van der Waals surface area contributed by atoms with E-state index in [-0.39, 0.29) is 6.04 Å². The molecule has 0 aliphatic carbocycles. The number of pyridine rings is 1. The molecule has 0 spiro atoms. The topological polar surface area (TPSA) is 118 Å². The molecule has 1 aliphatic rings. The van der Waals surface area contributed by atoms with Gasteiger partial charge in [-0.1, -0.05) is 0 Å². The minimum atomic E-state index is 0.254. The number of nitrogens with two attached hydrogens (primary N) is 1. The Morgan fingerprint density at radius 2 is 2.11 bits per heavy atom. The van der Waals surface area contributed by atoms with Crippen LogP contribution in [0.15, 0.2) is 61.4 Å². The van der Waals surface area contributed by atoms with Gasteiger partial charge in [-0.25, -0.2) is 9.97 Å². The Hall–Kier alpha value is -4.60. The molecule has 0 fully saturated rings. The molecule has 1 aromatic carbocycles. The van der Waals surface area contributed by atoms with Gasteiger partial charge in [0.05, 0.1) is 34.7 Å². The third kappa shape index (κ3) is 3.88. The van der Waals surface area contributed by atoms with Crippen LogP contribution in [-0.2, 0) is 13.7 Å². The predicted octanol–water partition coefficient (Wildman–Crippen LogP) is 3.57. The van der Waals surface area contributed by atoms with Crippen LogP contribution in [0, 0.1) is 0 Å². The molecule has 0 amide bonds. The van der Waals surface area contributed by atoms with Crippen molar-refractivity contribution in [3.8, 4) is 28.4 Å². The maximum Gasteiger partial charge on any atom is 0.150 e. The van der Waals surface area contributed by atoms with Crippen LogP contribution >= 0.6 is 0 Å². The lowest BCUT2D eigenvalue weighted by molar-refractivity contribution is 0.286. The summed E-state index contributed by atoms with van der Waals surface area (Å²) in [6, 6.07) is 10.0. The summed E-state index contributed by atoms with van der Waals surface area (Å²) in [4.78, 5) is 13.1. The smallest absolute Gasteiger partial charge is 0.150 e. The first-order valence-electron chi connectivity index (χ1n) is 11.3. The first kappa shape index (κ1) is 21.0. The van der Waals surface area contributed by atoms with Gasteiger partial charge in [-0.05, 0) is 31.2 Å². The minimum absolute atomic E-state index is 0.254. The summed E-state index contributed by atoms with van der Waals surface area (Å²) in [6.45, 7) is 3.09. The maximum atomic E-state index is 6.24. The highest BCUT2D eigenvalue weighted by molar-refractivity contribution is 6.00. The van der Waals surface area contributed by atoms with E-state index in [4.69, 9.17) is 15.2 Å². The predicted molar refractivity (Wildman–Crippen MR) is 133 cm³/mol. The van der Waals surface area contributed by atoms with Gasteiger partial charge in [0.15, 0.2) is 5.65 Å². The van der Waals surface area contributed by atoms with E-state index in [0.29, 0.717) is 24.7 Å². The molecule has 1 unspecified atom stereocenters. The Kier molecular flexibility index (Phi) is 4.98. The van der Waals surface area contributed by atoms with Crippen LogP contribution in [0.25, 0.3) is 28.0 Å². The lowest BCUT2D eigenvalue weighted by atomic mass is 10.2. The van der Waals surface area contributed by atoms with Crippen LogP contribution in [0.5, 0.6) is 11.5 Å². The fourth-order valence-corrected chi connectivity index (χ4v) is 4.25. The molecule has 0 radical (unpaired) electrons. The maximum absolute atomic E-state index is 6.24. The molecular weight excluding hydrogens is 444 g/mol. The Labute approximate surface area is 201 Å². The molecule has 176 valence electrons. The van der Waals surface area contributed by atoms with Crippen molar-refractivity contribution in [2.75, 3.05) is 17.7 Å². The molecule has 1 aliphatic heterocycles. The molecule has 4 aromatic heterocycles. The van der Waals surface area contributed by atoms with Gasteiger partial charge in [0.2, 0.25) is 0 Å². The van der Waals surface area contributed by atoms with Gasteiger partial charge in [-0.3, -0.25) is 14.2 Å². The highest BCUT2D eigenvalue weighted by atomic mass is 16.5. The van der Waals surface area contributed by atoms with Gasteiger partial charge >= 0.3 is 0 Å². The molecular formula is C25H24N8O2. The number of hydrogen-bond donors (Lipinski definition) is 2. The molecule has 0 saturated carbocycles. The van der Waals surface area contributed by atoms with Gasteiger partial charge in [0, 0.05) is 42.8 Å². The summed E-state index contributed by atoms with van der Waals surface area (Å²) in [7, 11) is 1.88. The normalized spacial score (nSPS) is 14.9. The lowest BCUT2D eigenvalue weighted by Gasteiger charge is -2.25. The largest absolute Gasteiger partial charge is 0.489 e. The number of ether oxygens (including phenoxy) is 2. The number of nitrogens with one attached hydrogen (secondary N) is 1. The first-order valence-corrected chi connectivity index (χ1v) is 11.3. The highest BCUT2D eigenvalue weighted by Crippen LogP contribution is 2.34. The standard InChI is InChI=1S/C25H24N8O2/c1-15-12-35-22-4-3-18(8-21(22)30-15)34-13-16-7-17(10-27-9-16)33-11-19(20-5-6-32(2)31-20)23-24(26)28-14-29-25(23)33/h3-11,14-15,30H,12-13H2,1-2H3,(H2,26,28,29). The van der Waals surface area contributed by atoms with Gasteiger partial charge < -0.3 is 20.5 Å². The quantitative estimate of drug-likeness (QED) is 0.402. The van der Waals surface area contributed by atoms with Gasteiger partial charge in [0.25, 0.3) is 0 Å². The third-order valence-electron chi connectivity index (χ3n) is 5.91. The number of hydrogen-bond acceptors (Lipinski definition) is 8. The van der Waals surface area contributed by atoms with Crippen molar-refractivity contribution >= 4 is 22.5 Å². The summed E-state index contributed by atoms with van der Waals surface area (Å²) in [5, 5.41) is 8.71. The molecule has 0 bridgehead atoms. The zero-order valence-electron chi connectivity index (χ0n) is 19.3.